The first-order chi connectivity index (χ1) is 9.10. The van der Waals surface area contributed by atoms with Crippen LogP contribution in [0.15, 0.2) is 23.0 Å². The van der Waals surface area contributed by atoms with E-state index < -0.39 is 23.7 Å². The lowest BCUT2D eigenvalue weighted by atomic mass is 10.3. The van der Waals surface area contributed by atoms with E-state index in [1.54, 1.807) is 0 Å². The van der Waals surface area contributed by atoms with Crippen LogP contribution in [0.4, 0.5) is 10.3 Å². The lowest BCUT2D eigenvalue weighted by Crippen LogP contribution is -2.17. The number of aromatic nitrogens is 4. The molecule has 0 aliphatic carbocycles. The summed E-state index contributed by atoms with van der Waals surface area (Å²) in [6.07, 6.45) is 0.565. The minimum Gasteiger partial charge on any atom is -0.393 e. The first kappa shape index (κ1) is 11.8. The Kier molecular flexibility index (Phi) is 2.57. The van der Waals surface area contributed by atoms with Crippen LogP contribution < -0.4 is 11.3 Å². The van der Waals surface area contributed by atoms with Crippen LogP contribution in [0.2, 0.25) is 0 Å². The number of aromatic amines is 1. The van der Waals surface area contributed by atoms with Crippen LogP contribution in [-0.2, 0) is 4.74 Å². The van der Waals surface area contributed by atoms with Crippen LogP contribution >= 0.6 is 0 Å². The average molecular weight is 267 g/mol. The molecule has 0 aromatic carbocycles. The fourth-order valence-corrected chi connectivity index (χ4v) is 1.94. The second-order valence-electron chi connectivity index (χ2n) is 4.04. The topological polar surface area (TPSA) is 119 Å². The molecule has 1 aliphatic heterocycles. The highest BCUT2D eigenvalue weighted by atomic mass is 19.1. The number of rotatable bonds is 2. The number of nitrogens with two attached hydrogens (primary N) is 1. The zero-order chi connectivity index (χ0) is 13.6. The quantitative estimate of drug-likeness (QED) is 0.671. The molecule has 3 rings (SSSR count). The summed E-state index contributed by atoms with van der Waals surface area (Å²) in [7, 11) is 0. The van der Waals surface area contributed by atoms with Gasteiger partial charge in [-0.25, -0.2) is 9.37 Å². The van der Waals surface area contributed by atoms with Crippen molar-refractivity contribution in [1.29, 1.82) is 0 Å². The van der Waals surface area contributed by atoms with Crippen LogP contribution in [0, 0.1) is 0 Å². The molecule has 0 saturated carbocycles. The smallest absolute Gasteiger partial charge is 0.280 e. The molecule has 0 bridgehead atoms. The third-order valence-electron chi connectivity index (χ3n) is 2.77. The predicted molar refractivity (Wildman–Crippen MR) is 62.7 cm³/mol. The summed E-state index contributed by atoms with van der Waals surface area (Å²) in [6.45, 7) is -0.341. The van der Waals surface area contributed by atoms with Crippen LogP contribution in [0.5, 0.6) is 0 Å². The van der Waals surface area contributed by atoms with Crippen molar-refractivity contribution in [2.45, 2.75) is 12.3 Å². The number of imidazole rings is 1. The molecule has 9 heteroatoms. The first-order valence-corrected chi connectivity index (χ1v) is 5.46. The lowest BCUT2D eigenvalue weighted by Gasteiger charge is -2.14. The maximum absolute atomic E-state index is 13.7. The van der Waals surface area contributed by atoms with E-state index >= 15 is 0 Å². The molecule has 2 atom stereocenters. The van der Waals surface area contributed by atoms with Gasteiger partial charge in [0, 0.05) is 0 Å². The summed E-state index contributed by atoms with van der Waals surface area (Å²) in [5.74, 6) is -0.681. The largest absolute Gasteiger partial charge is 0.393 e. The van der Waals surface area contributed by atoms with E-state index in [0.29, 0.717) is 0 Å². The molecule has 1 aliphatic rings. The molecule has 19 heavy (non-hydrogen) atoms. The van der Waals surface area contributed by atoms with E-state index in [2.05, 4.69) is 15.0 Å². The number of ether oxygens (including phenoxy) is 1. The van der Waals surface area contributed by atoms with Crippen molar-refractivity contribution in [2.75, 3.05) is 12.3 Å². The van der Waals surface area contributed by atoms with Gasteiger partial charge < -0.3 is 15.6 Å². The van der Waals surface area contributed by atoms with Crippen LogP contribution in [0.1, 0.15) is 6.23 Å². The van der Waals surface area contributed by atoms with Gasteiger partial charge in [0.1, 0.15) is 11.9 Å². The molecule has 4 N–H and O–H groups in total. The molecule has 8 nitrogen and oxygen atoms in total. The number of fused-ring (bicyclic) bond motifs is 1. The number of halogens is 1. The van der Waals surface area contributed by atoms with Crippen LogP contribution in [-0.4, -0.2) is 37.3 Å². The van der Waals surface area contributed by atoms with E-state index in [4.69, 9.17) is 15.6 Å². The van der Waals surface area contributed by atoms with Crippen molar-refractivity contribution >= 4 is 17.1 Å². The fraction of sp³-hybridized carbons (Fsp3) is 0.300. The Labute approximate surface area is 105 Å². The van der Waals surface area contributed by atoms with Gasteiger partial charge in [-0.15, -0.1) is 0 Å². The number of hydrogen-bond donors (Lipinski definition) is 3. The van der Waals surface area contributed by atoms with Gasteiger partial charge in [0.05, 0.1) is 12.9 Å². The summed E-state index contributed by atoms with van der Waals surface area (Å²) >= 11 is 0. The van der Waals surface area contributed by atoms with Crippen LogP contribution in [0.3, 0.4) is 0 Å². The van der Waals surface area contributed by atoms with E-state index in [1.165, 1.54) is 10.9 Å². The van der Waals surface area contributed by atoms with E-state index in [-0.39, 0.29) is 23.7 Å². The molecule has 0 saturated heterocycles. The van der Waals surface area contributed by atoms with Gasteiger partial charge in [-0.2, -0.15) is 4.98 Å². The van der Waals surface area contributed by atoms with Gasteiger partial charge in [-0.1, -0.05) is 0 Å². The highest BCUT2D eigenvalue weighted by Crippen LogP contribution is 2.31. The molecule has 0 amide bonds. The SMILES string of the molecule is Nc1nc2c(ncn2[C@H]2O[C@H](CO)C=C2F)c(=O)[nH]1. The van der Waals surface area contributed by atoms with Gasteiger partial charge >= 0.3 is 0 Å². The van der Waals surface area contributed by atoms with Crippen molar-refractivity contribution < 1.29 is 14.2 Å². The monoisotopic (exact) mass is 267 g/mol. The minimum absolute atomic E-state index is 0.0399. The molecule has 100 valence electrons. The molecule has 2 aromatic heterocycles. The summed E-state index contributed by atoms with van der Waals surface area (Å²) in [5.41, 5.74) is 5.09. The number of aliphatic hydroxyl groups is 1. The number of H-pyrrole nitrogens is 1. The van der Waals surface area contributed by atoms with Crippen LogP contribution in [0.25, 0.3) is 11.2 Å². The van der Waals surface area contributed by atoms with Crippen molar-refractivity contribution in [3.05, 3.63) is 28.6 Å². The molecule has 0 unspecified atom stereocenters. The molecular formula is C10H10FN5O3. The zero-order valence-electron chi connectivity index (χ0n) is 9.58. The summed E-state index contributed by atoms with van der Waals surface area (Å²) < 4.78 is 20.3. The highest BCUT2D eigenvalue weighted by Gasteiger charge is 2.30. The average Bonchev–Trinajstić information content (AvgIpc) is 2.92. The maximum Gasteiger partial charge on any atom is 0.280 e. The van der Waals surface area contributed by atoms with Gasteiger partial charge in [-0.05, 0) is 6.08 Å². The Morgan fingerprint density at radius 1 is 1.63 bits per heavy atom. The third-order valence-corrected chi connectivity index (χ3v) is 2.77. The number of nitrogens with zero attached hydrogens (tertiary/aromatic N) is 3. The standard InChI is InChI=1S/C10H10FN5O3/c11-5-1-4(2-17)19-9(5)16-3-13-6-7(16)14-10(12)15-8(6)18/h1,3-4,9,17H,2H2,(H3,12,14,15,18)/t4-,9-/m0/s1. The summed E-state index contributed by atoms with van der Waals surface area (Å²) in [5, 5.41) is 8.95. The lowest BCUT2D eigenvalue weighted by molar-refractivity contribution is -0.0174. The Morgan fingerprint density at radius 3 is 3.11 bits per heavy atom. The number of hydrogen-bond acceptors (Lipinski definition) is 6. The van der Waals surface area contributed by atoms with Gasteiger partial charge in [-0.3, -0.25) is 14.3 Å². The Bertz CT molecular complexity index is 722. The van der Waals surface area contributed by atoms with Gasteiger partial charge in [0.2, 0.25) is 5.95 Å². The third kappa shape index (κ3) is 1.79. The second kappa shape index (κ2) is 4.14. The Balaban J connectivity index is 2.12. The summed E-state index contributed by atoms with van der Waals surface area (Å²) in [4.78, 5) is 21.7. The molecule has 0 radical (unpaired) electrons. The van der Waals surface area contributed by atoms with E-state index in [0.717, 1.165) is 6.08 Å². The number of aliphatic hydroxyl groups excluding tert-OH is 1. The van der Waals surface area contributed by atoms with Gasteiger partial charge in [0.15, 0.2) is 17.4 Å². The fourth-order valence-electron chi connectivity index (χ4n) is 1.94. The molecule has 2 aromatic rings. The van der Waals surface area contributed by atoms with Gasteiger partial charge in [0.25, 0.3) is 5.56 Å². The molecule has 3 heterocycles. The minimum atomic E-state index is -1.10. The second-order valence-corrected chi connectivity index (χ2v) is 4.04. The molecule has 0 fully saturated rings. The Morgan fingerprint density at radius 2 is 2.42 bits per heavy atom. The van der Waals surface area contributed by atoms with Crippen molar-refractivity contribution in [2.24, 2.45) is 0 Å². The first-order valence-electron chi connectivity index (χ1n) is 5.46. The predicted octanol–water partition coefficient (Wildman–Crippen LogP) is -0.555. The van der Waals surface area contributed by atoms with Crippen molar-refractivity contribution in [3.63, 3.8) is 0 Å². The zero-order valence-corrected chi connectivity index (χ0v) is 9.58. The number of anilines is 1. The van der Waals surface area contributed by atoms with E-state index in [1.807, 2.05) is 0 Å². The normalized spacial score (nSPS) is 22.9. The highest BCUT2D eigenvalue weighted by molar-refractivity contribution is 5.70. The van der Waals surface area contributed by atoms with E-state index in [9.17, 15) is 9.18 Å². The maximum atomic E-state index is 13.7. The Hall–Kier alpha value is -2.26. The molecular weight excluding hydrogens is 257 g/mol. The van der Waals surface area contributed by atoms with Crippen molar-refractivity contribution in [3.8, 4) is 0 Å². The number of nitrogens with one attached hydrogen (secondary N) is 1. The van der Waals surface area contributed by atoms with Crippen molar-refractivity contribution in [1.82, 2.24) is 19.5 Å². The summed E-state index contributed by atoms with van der Waals surface area (Å²) in [6, 6.07) is 0. The number of nitrogen functional groups attached to an aromatic ring is 1. The molecule has 0 spiro atoms.